The van der Waals surface area contributed by atoms with E-state index in [1.165, 1.54) is 19.3 Å². The van der Waals surface area contributed by atoms with Crippen LogP contribution in [-0.4, -0.2) is 78.2 Å². The summed E-state index contributed by atoms with van der Waals surface area (Å²) >= 11 is 0. The molecule has 0 radical (unpaired) electrons. The van der Waals surface area contributed by atoms with E-state index in [1.54, 1.807) is 4.90 Å². The van der Waals surface area contributed by atoms with Gasteiger partial charge in [-0.15, -0.1) is 0 Å². The zero-order chi connectivity index (χ0) is 20.1. The highest BCUT2D eigenvalue weighted by Gasteiger charge is 2.36. The standard InChI is InChI=1S/C20H35N5O3/c1-20(2,3)28-19(27)24-11-12-25-16(14-24)13-22-18(25)21-10-9-17(26)23-15-7-5-4-6-8-15/h15-16H,4-14H2,1-3H3,(H,21,22)(H,23,26). The highest BCUT2D eigenvalue weighted by molar-refractivity contribution is 5.83. The van der Waals surface area contributed by atoms with Crippen molar-refractivity contribution in [2.24, 2.45) is 4.99 Å². The number of hydrogen-bond acceptors (Lipinski definition) is 6. The van der Waals surface area contributed by atoms with E-state index in [0.29, 0.717) is 38.6 Å². The molecule has 8 nitrogen and oxygen atoms in total. The number of nitrogens with one attached hydrogen (secondary N) is 2. The highest BCUT2D eigenvalue weighted by atomic mass is 16.6. The van der Waals surface area contributed by atoms with Crippen molar-refractivity contribution in [3.63, 3.8) is 0 Å². The van der Waals surface area contributed by atoms with Gasteiger partial charge in [0.15, 0.2) is 5.96 Å². The van der Waals surface area contributed by atoms with Crippen molar-refractivity contribution in [1.29, 1.82) is 0 Å². The van der Waals surface area contributed by atoms with E-state index in [0.717, 1.165) is 25.3 Å². The summed E-state index contributed by atoms with van der Waals surface area (Å²) in [5, 5.41) is 6.46. The maximum atomic E-state index is 12.3. The molecule has 0 aromatic heterocycles. The highest BCUT2D eigenvalue weighted by Crippen LogP contribution is 2.19. The van der Waals surface area contributed by atoms with Crippen molar-refractivity contribution in [2.45, 2.75) is 77.0 Å². The molecule has 1 unspecified atom stereocenters. The fourth-order valence-corrected chi connectivity index (χ4v) is 4.06. The lowest BCUT2D eigenvalue weighted by Gasteiger charge is -2.39. The summed E-state index contributed by atoms with van der Waals surface area (Å²) in [4.78, 5) is 33.0. The van der Waals surface area contributed by atoms with Crippen LogP contribution in [0.1, 0.15) is 59.3 Å². The number of rotatable bonds is 4. The largest absolute Gasteiger partial charge is 0.444 e. The summed E-state index contributed by atoms with van der Waals surface area (Å²) in [5.74, 6) is 0.962. The molecule has 1 saturated carbocycles. The number of carbonyl (C=O) groups is 2. The van der Waals surface area contributed by atoms with E-state index >= 15 is 0 Å². The second-order valence-electron chi connectivity index (χ2n) is 9.02. The fraction of sp³-hybridized carbons (Fsp3) is 0.850. The van der Waals surface area contributed by atoms with Crippen molar-refractivity contribution in [1.82, 2.24) is 20.4 Å². The van der Waals surface area contributed by atoms with E-state index in [-0.39, 0.29) is 18.0 Å². The number of fused-ring (bicyclic) bond motifs is 1. The van der Waals surface area contributed by atoms with Crippen molar-refractivity contribution < 1.29 is 14.3 Å². The van der Waals surface area contributed by atoms with Gasteiger partial charge in [-0.25, -0.2) is 4.79 Å². The van der Waals surface area contributed by atoms with Crippen molar-refractivity contribution in [2.75, 3.05) is 32.7 Å². The Morgan fingerprint density at radius 3 is 2.64 bits per heavy atom. The third-order valence-electron chi connectivity index (χ3n) is 5.46. The summed E-state index contributed by atoms with van der Waals surface area (Å²) in [6, 6.07) is 0.537. The lowest BCUT2D eigenvalue weighted by atomic mass is 9.95. The Kier molecular flexibility index (Phi) is 6.67. The van der Waals surface area contributed by atoms with Crippen LogP contribution in [-0.2, 0) is 9.53 Å². The lowest BCUT2D eigenvalue weighted by Crippen LogP contribution is -2.57. The average molecular weight is 394 g/mol. The molecule has 1 aliphatic carbocycles. The predicted molar refractivity (Wildman–Crippen MR) is 108 cm³/mol. The molecule has 28 heavy (non-hydrogen) atoms. The monoisotopic (exact) mass is 393 g/mol. The van der Waals surface area contributed by atoms with Crippen molar-refractivity contribution >= 4 is 18.0 Å². The molecule has 8 heteroatoms. The van der Waals surface area contributed by atoms with Crippen LogP contribution in [0.25, 0.3) is 0 Å². The number of aliphatic imine (C=N–C) groups is 1. The maximum absolute atomic E-state index is 12.3. The first-order valence-corrected chi connectivity index (χ1v) is 10.6. The van der Waals surface area contributed by atoms with Crippen LogP contribution in [0.5, 0.6) is 0 Å². The Labute approximate surface area is 168 Å². The smallest absolute Gasteiger partial charge is 0.410 e. The quantitative estimate of drug-likeness (QED) is 0.759. The molecule has 2 aliphatic heterocycles. The minimum Gasteiger partial charge on any atom is -0.444 e. The van der Waals surface area contributed by atoms with Crippen LogP contribution < -0.4 is 10.6 Å². The second kappa shape index (κ2) is 9.01. The molecule has 3 aliphatic rings. The fourth-order valence-electron chi connectivity index (χ4n) is 4.06. The van der Waals surface area contributed by atoms with Crippen LogP contribution in [0.4, 0.5) is 4.79 Å². The second-order valence-corrected chi connectivity index (χ2v) is 9.02. The van der Waals surface area contributed by atoms with Gasteiger partial charge in [0, 0.05) is 38.6 Å². The summed E-state index contributed by atoms with van der Waals surface area (Å²) in [6.45, 7) is 8.85. The van der Waals surface area contributed by atoms with Crippen LogP contribution in [0, 0.1) is 0 Å². The summed E-state index contributed by atoms with van der Waals surface area (Å²) < 4.78 is 5.48. The number of ether oxygens (including phenoxy) is 1. The van der Waals surface area contributed by atoms with Gasteiger partial charge in [-0.1, -0.05) is 19.3 Å². The zero-order valence-corrected chi connectivity index (χ0v) is 17.5. The molecule has 2 fully saturated rings. The number of hydrogen-bond donors (Lipinski definition) is 2. The van der Waals surface area contributed by atoms with Crippen LogP contribution in [0.3, 0.4) is 0 Å². The van der Waals surface area contributed by atoms with Gasteiger partial charge >= 0.3 is 6.09 Å². The van der Waals surface area contributed by atoms with Gasteiger partial charge in [0.2, 0.25) is 5.91 Å². The van der Waals surface area contributed by atoms with Gasteiger partial charge in [0.05, 0.1) is 12.6 Å². The van der Waals surface area contributed by atoms with Gasteiger partial charge < -0.3 is 25.2 Å². The van der Waals surface area contributed by atoms with E-state index in [2.05, 4.69) is 20.5 Å². The molecule has 158 valence electrons. The minimum absolute atomic E-state index is 0.115. The normalized spacial score (nSPS) is 23.1. The molecule has 1 atom stereocenters. The molecular formula is C20H35N5O3. The van der Waals surface area contributed by atoms with Crippen LogP contribution in [0.15, 0.2) is 4.99 Å². The molecule has 0 aromatic rings. The molecule has 1 saturated heterocycles. The Hall–Kier alpha value is -1.99. The van der Waals surface area contributed by atoms with Crippen LogP contribution in [0.2, 0.25) is 0 Å². The minimum atomic E-state index is -0.481. The lowest BCUT2D eigenvalue weighted by molar-refractivity contribution is -0.121. The SMILES string of the molecule is CC(C)(C)OC(=O)N1CCN2C(NCCC(=O)NC3CCCCC3)=NCC2C1. The number of nitrogens with zero attached hydrogens (tertiary/aromatic N) is 3. The topological polar surface area (TPSA) is 86.3 Å². The Balaban J connectivity index is 1.37. The molecule has 2 amide bonds. The van der Waals surface area contributed by atoms with Gasteiger partial charge in [-0.2, -0.15) is 0 Å². The third-order valence-corrected chi connectivity index (χ3v) is 5.46. The average Bonchev–Trinajstić information content (AvgIpc) is 3.03. The van der Waals surface area contributed by atoms with E-state index in [4.69, 9.17) is 4.74 Å². The van der Waals surface area contributed by atoms with Crippen molar-refractivity contribution in [3.8, 4) is 0 Å². The number of guanidine groups is 1. The Morgan fingerprint density at radius 2 is 1.93 bits per heavy atom. The number of carbonyl (C=O) groups excluding carboxylic acids is 2. The molecule has 2 N–H and O–H groups in total. The first kappa shape index (κ1) is 20.7. The molecule has 0 spiro atoms. The molecule has 0 aromatic carbocycles. The van der Waals surface area contributed by atoms with Crippen molar-refractivity contribution in [3.05, 3.63) is 0 Å². The number of piperazine rings is 1. The van der Waals surface area contributed by atoms with E-state index in [9.17, 15) is 9.59 Å². The molecule has 2 heterocycles. The zero-order valence-electron chi connectivity index (χ0n) is 17.5. The summed E-state index contributed by atoms with van der Waals surface area (Å²) in [5.41, 5.74) is -0.481. The molecular weight excluding hydrogens is 358 g/mol. The van der Waals surface area contributed by atoms with E-state index < -0.39 is 5.60 Å². The molecule has 3 rings (SSSR count). The first-order chi connectivity index (χ1) is 13.3. The maximum Gasteiger partial charge on any atom is 0.410 e. The van der Waals surface area contributed by atoms with Gasteiger partial charge in [-0.05, 0) is 33.6 Å². The van der Waals surface area contributed by atoms with Crippen LogP contribution >= 0.6 is 0 Å². The summed E-state index contributed by atoms with van der Waals surface area (Å²) in [6.07, 6.45) is 6.14. The van der Waals surface area contributed by atoms with Gasteiger partial charge in [0.1, 0.15) is 5.60 Å². The van der Waals surface area contributed by atoms with Gasteiger partial charge in [0.25, 0.3) is 0 Å². The predicted octanol–water partition coefficient (Wildman–Crippen LogP) is 1.71. The molecule has 0 bridgehead atoms. The first-order valence-electron chi connectivity index (χ1n) is 10.6. The third kappa shape index (κ3) is 5.75. The number of amides is 2. The van der Waals surface area contributed by atoms with E-state index in [1.807, 2.05) is 20.8 Å². The Bertz CT molecular complexity index is 595. The summed E-state index contributed by atoms with van der Waals surface area (Å²) in [7, 11) is 0. The van der Waals surface area contributed by atoms with Gasteiger partial charge in [-0.3, -0.25) is 9.79 Å². The Morgan fingerprint density at radius 1 is 1.18 bits per heavy atom.